The van der Waals surface area contributed by atoms with Gasteiger partial charge in [0.05, 0.1) is 13.2 Å². The molecule has 100 valence electrons. The Morgan fingerprint density at radius 1 is 1.24 bits per heavy atom. The third-order valence-electron chi connectivity index (χ3n) is 2.87. The third kappa shape index (κ3) is 6.78. The molecular formula is C12H25N3OS. The molecule has 0 saturated carbocycles. The van der Waals surface area contributed by atoms with Gasteiger partial charge in [-0.25, -0.2) is 0 Å². The van der Waals surface area contributed by atoms with Crippen LogP contribution in [-0.4, -0.2) is 55.7 Å². The second-order valence-electron chi connectivity index (χ2n) is 4.25. The van der Waals surface area contributed by atoms with Gasteiger partial charge in [0.25, 0.3) is 0 Å². The lowest BCUT2D eigenvalue weighted by atomic mass is 10.2. The Hall–Kier alpha value is -0.420. The van der Waals surface area contributed by atoms with Crippen LogP contribution in [0.15, 0.2) is 4.99 Å². The number of thioether (sulfide) groups is 1. The standard InChI is InChI=1S/C12H25N3OS/c1-17-11-5-3-2-4-6-14-12(13)15-7-9-16-10-8-15/h2-11H2,1H3,(H2,13,14). The Morgan fingerprint density at radius 3 is 2.65 bits per heavy atom. The van der Waals surface area contributed by atoms with Gasteiger partial charge in [0.2, 0.25) is 0 Å². The molecule has 1 fully saturated rings. The van der Waals surface area contributed by atoms with Crippen molar-refractivity contribution in [1.82, 2.24) is 4.90 Å². The van der Waals surface area contributed by atoms with Crippen LogP contribution in [0.25, 0.3) is 0 Å². The smallest absolute Gasteiger partial charge is 0.191 e. The number of morpholine rings is 1. The van der Waals surface area contributed by atoms with Crippen LogP contribution < -0.4 is 5.73 Å². The van der Waals surface area contributed by atoms with Gasteiger partial charge in [0.15, 0.2) is 5.96 Å². The summed E-state index contributed by atoms with van der Waals surface area (Å²) in [4.78, 5) is 6.53. The van der Waals surface area contributed by atoms with E-state index in [1.54, 1.807) is 0 Å². The Morgan fingerprint density at radius 2 is 1.94 bits per heavy atom. The first-order valence-electron chi connectivity index (χ1n) is 6.46. The number of unbranched alkanes of at least 4 members (excludes halogenated alkanes) is 3. The summed E-state index contributed by atoms with van der Waals surface area (Å²) < 4.78 is 5.28. The van der Waals surface area contributed by atoms with Gasteiger partial charge in [-0.15, -0.1) is 0 Å². The van der Waals surface area contributed by atoms with Crippen molar-refractivity contribution in [2.75, 3.05) is 44.9 Å². The zero-order chi connectivity index (χ0) is 12.3. The first-order valence-corrected chi connectivity index (χ1v) is 7.85. The predicted molar refractivity (Wildman–Crippen MR) is 75.7 cm³/mol. The fraction of sp³-hybridized carbons (Fsp3) is 0.917. The van der Waals surface area contributed by atoms with Crippen LogP contribution in [0.1, 0.15) is 25.7 Å². The lowest BCUT2D eigenvalue weighted by Crippen LogP contribution is -2.44. The van der Waals surface area contributed by atoms with Crippen molar-refractivity contribution in [3.8, 4) is 0 Å². The molecule has 0 aromatic carbocycles. The number of guanidine groups is 1. The largest absolute Gasteiger partial charge is 0.378 e. The monoisotopic (exact) mass is 259 g/mol. The zero-order valence-corrected chi connectivity index (χ0v) is 11.7. The van der Waals surface area contributed by atoms with Crippen LogP contribution in [0.4, 0.5) is 0 Å². The van der Waals surface area contributed by atoms with Crippen LogP contribution in [0.3, 0.4) is 0 Å². The molecule has 1 heterocycles. The van der Waals surface area contributed by atoms with E-state index < -0.39 is 0 Å². The summed E-state index contributed by atoms with van der Waals surface area (Å²) in [5.41, 5.74) is 5.93. The zero-order valence-electron chi connectivity index (χ0n) is 10.9. The van der Waals surface area contributed by atoms with Crippen molar-refractivity contribution >= 4 is 17.7 Å². The minimum absolute atomic E-state index is 0.692. The highest BCUT2D eigenvalue weighted by atomic mass is 32.2. The number of rotatable bonds is 7. The quantitative estimate of drug-likeness (QED) is 0.428. The summed E-state index contributed by atoms with van der Waals surface area (Å²) in [7, 11) is 0. The first-order chi connectivity index (χ1) is 8.34. The first kappa shape index (κ1) is 14.6. The van der Waals surface area contributed by atoms with E-state index in [0.717, 1.165) is 39.3 Å². The van der Waals surface area contributed by atoms with Gasteiger partial charge in [0, 0.05) is 19.6 Å². The molecule has 0 aliphatic carbocycles. The Bertz CT molecular complexity index is 218. The maximum Gasteiger partial charge on any atom is 0.191 e. The van der Waals surface area contributed by atoms with Crippen LogP contribution in [0, 0.1) is 0 Å². The van der Waals surface area contributed by atoms with Crippen molar-refractivity contribution in [2.24, 2.45) is 10.7 Å². The second-order valence-corrected chi connectivity index (χ2v) is 5.23. The molecule has 1 aliphatic heterocycles. The summed E-state index contributed by atoms with van der Waals surface area (Å²) >= 11 is 1.92. The van der Waals surface area contributed by atoms with Crippen LogP contribution in [-0.2, 0) is 4.74 Å². The van der Waals surface area contributed by atoms with Gasteiger partial charge >= 0.3 is 0 Å². The van der Waals surface area contributed by atoms with Crippen molar-refractivity contribution in [3.05, 3.63) is 0 Å². The maximum absolute atomic E-state index is 5.93. The summed E-state index contributed by atoms with van der Waals surface area (Å²) in [6, 6.07) is 0. The molecular weight excluding hydrogens is 234 g/mol. The van der Waals surface area contributed by atoms with E-state index in [9.17, 15) is 0 Å². The molecule has 0 unspecified atom stereocenters. The average molecular weight is 259 g/mol. The van der Waals surface area contributed by atoms with Gasteiger partial charge in [0.1, 0.15) is 0 Å². The van der Waals surface area contributed by atoms with Gasteiger partial charge in [-0.2, -0.15) is 11.8 Å². The lowest BCUT2D eigenvalue weighted by molar-refractivity contribution is 0.0674. The highest BCUT2D eigenvalue weighted by Gasteiger charge is 2.11. The maximum atomic E-state index is 5.93. The van der Waals surface area contributed by atoms with E-state index in [2.05, 4.69) is 16.1 Å². The molecule has 5 heteroatoms. The van der Waals surface area contributed by atoms with Crippen molar-refractivity contribution in [1.29, 1.82) is 0 Å². The van der Waals surface area contributed by atoms with E-state index in [-0.39, 0.29) is 0 Å². The van der Waals surface area contributed by atoms with Gasteiger partial charge in [-0.05, 0) is 24.9 Å². The second kappa shape index (κ2) is 9.59. The molecule has 0 radical (unpaired) electrons. The molecule has 17 heavy (non-hydrogen) atoms. The summed E-state index contributed by atoms with van der Waals surface area (Å²) in [5.74, 6) is 1.97. The van der Waals surface area contributed by atoms with Crippen molar-refractivity contribution in [3.63, 3.8) is 0 Å². The Balaban J connectivity index is 2.02. The fourth-order valence-electron chi connectivity index (χ4n) is 1.80. The van der Waals surface area contributed by atoms with E-state index in [4.69, 9.17) is 10.5 Å². The van der Waals surface area contributed by atoms with E-state index >= 15 is 0 Å². The van der Waals surface area contributed by atoms with Crippen LogP contribution in [0.2, 0.25) is 0 Å². The molecule has 0 spiro atoms. The fourth-order valence-corrected chi connectivity index (χ4v) is 2.29. The Kier molecular flexibility index (Phi) is 8.26. The van der Waals surface area contributed by atoms with E-state index in [0.29, 0.717) is 5.96 Å². The molecule has 0 atom stereocenters. The molecule has 0 aromatic rings. The molecule has 0 amide bonds. The summed E-state index contributed by atoms with van der Waals surface area (Å²) in [6.45, 7) is 4.16. The number of ether oxygens (including phenoxy) is 1. The van der Waals surface area contributed by atoms with Gasteiger partial charge in [-0.1, -0.05) is 12.8 Å². The molecule has 1 saturated heterocycles. The lowest BCUT2D eigenvalue weighted by Gasteiger charge is -2.27. The number of nitrogens with two attached hydrogens (primary N) is 1. The van der Waals surface area contributed by atoms with Gasteiger partial charge < -0.3 is 15.4 Å². The molecule has 2 N–H and O–H groups in total. The van der Waals surface area contributed by atoms with Gasteiger partial charge in [-0.3, -0.25) is 4.99 Å². The van der Waals surface area contributed by atoms with Crippen molar-refractivity contribution < 1.29 is 4.74 Å². The number of aliphatic imine (C=N–C) groups is 1. The predicted octanol–water partition coefficient (Wildman–Crippen LogP) is 1.56. The highest BCUT2D eigenvalue weighted by Crippen LogP contribution is 2.04. The summed E-state index contributed by atoms with van der Waals surface area (Å²) in [5, 5.41) is 0. The Labute approximate surface area is 109 Å². The number of hydrogen-bond donors (Lipinski definition) is 1. The minimum Gasteiger partial charge on any atom is -0.378 e. The number of hydrogen-bond acceptors (Lipinski definition) is 3. The van der Waals surface area contributed by atoms with Crippen molar-refractivity contribution in [2.45, 2.75) is 25.7 Å². The summed E-state index contributed by atoms with van der Waals surface area (Å²) in [6.07, 6.45) is 7.21. The highest BCUT2D eigenvalue weighted by molar-refractivity contribution is 7.98. The topological polar surface area (TPSA) is 50.8 Å². The molecule has 1 rings (SSSR count). The van der Waals surface area contributed by atoms with Crippen LogP contribution in [0.5, 0.6) is 0 Å². The third-order valence-corrected chi connectivity index (χ3v) is 3.56. The molecule has 0 aromatic heterocycles. The number of nitrogens with zero attached hydrogens (tertiary/aromatic N) is 2. The normalized spacial score (nSPS) is 17.5. The molecule has 1 aliphatic rings. The minimum atomic E-state index is 0.692. The van der Waals surface area contributed by atoms with Crippen LogP contribution >= 0.6 is 11.8 Å². The van der Waals surface area contributed by atoms with E-state index in [1.165, 1.54) is 25.0 Å². The average Bonchev–Trinajstić information content (AvgIpc) is 2.38. The molecule has 0 bridgehead atoms. The van der Waals surface area contributed by atoms with E-state index in [1.807, 2.05) is 11.8 Å². The SMILES string of the molecule is CSCCCCCCN=C(N)N1CCOCC1. The molecule has 4 nitrogen and oxygen atoms in total.